The summed E-state index contributed by atoms with van der Waals surface area (Å²) in [5.74, 6) is 0.874. The van der Waals surface area contributed by atoms with Crippen LogP contribution in [0.3, 0.4) is 0 Å². The zero-order valence-corrected chi connectivity index (χ0v) is 19.9. The van der Waals surface area contributed by atoms with Crippen LogP contribution in [0, 0.1) is 5.41 Å². The molecule has 0 fully saturated rings. The fourth-order valence-electron chi connectivity index (χ4n) is 3.43. The van der Waals surface area contributed by atoms with Crippen LogP contribution >= 0.6 is 23.4 Å². The van der Waals surface area contributed by atoms with Crippen LogP contribution in [-0.4, -0.2) is 40.2 Å². The number of para-hydroxylation sites is 1. The number of nitrogens with one attached hydrogen (secondary N) is 1. The van der Waals surface area contributed by atoms with Gasteiger partial charge in [0.25, 0.3) is 5.91 Å². The maximum atomic E-state index is 12.7. The third kappa shape index (κ3) is 5.13. The standard InChI is InChI=1S/C26H19ClN4O3S/c27-22-12-5-4-11-20(22)25-30-31-23(28)21(24(32)29-26(31)35-25)16-17-7-6-10-19(15-17)34-14-13-33-18-8-2-1-3-9-18/h1-12,15-16,28H,13-14H2/b21-16-,28-23?. The number of hydrogen-bond donors (Lipinski definition) is 1. The van der Waals surface area contributed by atoms with Gasteiger partial charge in [-0.2, -0.15) is 15.1 Å². The van der Waals surface area contributed by atoms with Crippen molar-refractivity contribution >= 4 is 51.4 Å². The number of rotatable bonds is 7. The average Bonchev–Trinajstić information content (AvgIpc) is 3.29. The first-order chi connectivity index (χ1) is 17.1. The van der Waals surface area contributed by atoms with Crippen molar-refractivity contribution in [1.29, 1.82) is 5.41 Å². The van der Waals surface area contributed by atoms with E-state index in [0.29, 0.717) is 39.8 Å². The SMILES string of the molecule is N=C1/C(=C/c2cccc(OCCOc3ccccc3)c2)C(=O)N=C2SC(c3ccccc3Cl)=NN12. The molecule has 0 atom stereocenters. The molecule has 0 unspecified atom stereocenters. The second kappa shape index (κ2) is 10.2. The maximum absolute atomic E-state index is 12.7. The van der Waals surface area contributed by atoms with Gasteiger partial charge in [-0.05, 0) is 53.7 Å². The molecular weight excluding hydrogens is 484 g/mol. The highest BCUT2D eigenvalue weighted by Gasteiger charge is 2.36. The number of hydrogen-bond acceptors (Lipinski definition) is 6. The number of amides is 1. The second-order valence-corrected chi connectivity index (χ2v) is 8.85. The van der Waals surface area contributed by atoms with Gasteiger partial charge in [0.15, 0.2) is 5.84 Å². The number of carbonyl (C=O) groups is 1. The van der Waals surface area contributed by atoms with Gasteiger partial charge in [0.2, 0.25) is 5.17 Å². The summed E-state index contributed by atoms with van der Waals surface area (Å²) in [4.78, 5) is 16.9. The highest BCUT2D eigenvalue weighted by Crippen LogP contribution is 2.33. The summed E-state index contributed by atoms with van der Waals surface area (Å²) in [7, 11) is 0. The molecule has 0 aliphatic carbocycles. The number of thioether (sulfide) groups is 1. The Hall–Kier alpha value is -3.88. The first kappa shape index (κ1) is 22.9. The molecule has 1 N–H and O–H groups in total. The number of aliphatic imine (C=N–C) groups is 1. The number of amidine groups is 2. The Labute approximate surface area is 211 Å². The van der Waals surface area contributed by atoms with Gasteiger partial charge in [-0.3, -0.25) is 10.2 Å². The molecule has 0 radical (unpaired) electrons. The van der Waals surface area contributed by atoms with Gasteiger partial charge >= 0.3 is 0 Å². The normalized spacial score (nSPS) is 16.1. The molecule has 0 spiro atoms. The number of carbonyl (C=O) groups excluding carboxylic acids is 1. The van der Waals surface area contributed by atoms with Gasteiger partial charge < -0.3 is 9.47 Å². The summed E-state index contributed by atoms with van der Waals surface area (Å²) in [5.41, 5.74) is 1.58. The summed E-state index contributed by atoms with van der Waals surface area (Å²) in [5, 5.41) is 15.9. The predicted octanol–water partition coefficient (Wildman–Crippen LogP) is 5.47. The smallest absolute Gasteiger partial charge is 0.283 e. The minimum atomic E-state index is -0.494. The number of benzene rings is 3. The second-order valence-electron chi connectivity index (χ2n) is 7.49. The minimum absolute atomic E-state index is 0.0443. The molecule has 0 saturated carbocycles. The summed E-state index contributed by atoms with van der Waals surface area (Å²) in [6.45, 7) is 0.760. The number of fused-ring (bicyclic) bond motifs is 1. The van der Waals surface area contributed by atoms with E-state index in [9.17, 15) is 4.79 Å². The van der Waals surface area contributed by atoms with E-state index in [4.69, 9.17) is 26.5 Å². The van der Waals surface area contributed by atoms with Crippen LogP contribution in [0.1, 0.15) is 11.1 Å². The molecular formula is C26H19ClN4O3S. The Morgan fingerprint density at radius 1 is 0.943 bits per heavy atom. The fourth-order valence-corrected chi connectivity index (χ4v) is 4.64. The predicted molar refractivity (Wildman–Crippen MR) is 139 cm³/mol. The van der Waals surface area contributed by atoms with E-state index in [1.807, 2.05) is 66.7 Å². The molecule has 9 heteroatoms. The molecule has 35 heavy (non-hydrogen) atoms. The van der Waals surface area contributed by atoms with E-state index in [-0.39, 0.29) is 11.4 Å². The zero-order chi connectivity index (χ0) is 24.2. The zero-order valence-electron chi connectivity index (χ0n) is 18.3. The fraction of sp³-hybridized carbons (Fsp3) is 0.0769. The van der Waals surface area contributed by atoms with Gasteiger partial charge in [0.05, 0.1) is 10.6 Å². The van der Waals surface area contributed by atoms with Crippen LogP contribution in [-0.2, 0) is 4.79 Å². The van der Waals surface area contributed by atoms with Gasteiger partial charge in [0.1, 0.15) is 29.8 Å². The maximum Gasteiger partial charge on any atom is 0.283 e. The van der Waals surface area contributed by atoms with Gasteiger partial charge in [-0.1, -0.05) is 60.1 Å². The molecule has 5 rings (SSSR count). The molecule has 174 valence electrons. The lowest BCUT2D eigenvalue weighted by Crippen LogP contribution is -2.35. The Kier molecular flexibility index (Phi) is 6.65. The lowest BCUT2D eigenvalue weighted by molar-refractivity contribution is -0.114. The van der Waals surface area contributed by atoms with Crippen molar-refractivity contribution in [2.24, 2.45) is 10.1 Å². The van der Waals surface area contributed by atoms with E-state index in [1.165, 1.54) is 16.8 Å². The molecule has 2 aliphatic heterocycles. The number of hydrazone groups is 1. The van der Waals surface area contributed by atoms with Crippen LogP contribution in [0.5, 0.6) is 11.5 Å². The van der Waals surface area contributed by atoms with Crippen molar-refractivity contribution in [2.45, 2.75) is 0 Å². The first-order valence-electron chi connectivity index (χ1n) is 10.7. The Bertz CT molecular complexity index is 1390. The molecule has 3 aromatic rings. The van der Waals surface area contributed by atoms with Crippen LogP contribution in [0.4, 0.5) is 0 Å². The van der Waals surface area contributed by atoms with Crippen LogP contribution in [0.25, 0.3) is 6.08 Å². The molecule has 1 amide bonds. The Morgan fingerprint density at radius 2 is 1.66 bits per heavy atom. The molecule has 2 heterocycles. The molecule has 0 aromatic heterocycles. The third-order valence-electron chi connectivity index (χ3n) is 5.09. The van der Waals surface area contributed by atoms with Crippen LogP contribution in [0.2, 0.25) is 5.02 Å². The quantitative estimate of drug-likeness (QED) is 0.342. The van der Waals surface area contributed by atoms with E-state index < -0.39 is 5.91 Å². The average molecular weight is 503 g/mol. The van der Waals surface area contributed by atoms with Gasteiger partial charge in [-0.15, -0.1) is 0 Å². The largest absolute Gasteiger partial charge is 0.490 e. The third-order valence-corrected chi connectivity index (χ3v) is 6.36. The number of nitrogens with zero attached hydrogens (tertiary/aromatic N) is 3. The number of ether oxygens (including phenoxy) is 2. The Morgan fingerprint density at radius 3 is 2.46 bits per heavy atom. The Balaban J connectivity index is 1.29. The van der Waals surface area contributed by atoms with Gasteiger partial charge in [-0.25, -0.2) is 0 Å². The highest BCUT2D eigenvalue weighted by atomic mass is 35.5. The van der Waals surface area contributed by atoms with Crippen LogP contribution in [0.15, 0.2) is 94.5 Å². The van der Waals surface area contributed by atoms with Crippen molar-refractivity contribution in [3.63, 3.8) is 0 Å². The van der Waals surface area contributed by atoms with Crippen molar-refractivity contribution in [1.82, 2.24) is 5.01 Å². The topological polar surface area (TPSA) is 87.3 Å². The van der Waals surface area contributed by atoms with Crippen LogP contribution < -0.4 is 9.47 Å². The lowest BCUT2D eigenvalue weighted by Gasteiger charge is -2.20. The molecule has 3 aromatic carbocycles. The number of halogens is 1. The van der Waals surface area contributed by atoms with E-state index in [0.717, 1.165) is 11.3 Å². The summed E-state index contributed by atoms with van der Waals surface area (Å²) >= 11 is 7.50. The molecule has 0 bridgehead atoms. The van der Waals surface area contributed by atoms with Gasteiger partial charge in [0, 0.05) is 5.56 Å². The van der Waals surface area contributed by atoms with Crippen molar-refractivity contribution in [3.05, 3.63) is 101 Å². The van der Waals surface area contributed by atoms with Crippen molar-refractivity contribution in [2.75, 3.05) is 13.2 Å². The molecule has 0 saturated heterocycles. The van der Waals surface area contributed by atoms with E-state index in [2.05, 4.69) is 10.1 Å². The molecule has 2 aliphatic rings. The minimum Gasteiger partial charge on any atom is -0.490 e. The highest BCUT2D eigenvalue weighted by molar-refractivity contribution is 8.27. The van der Waals surface area contributed by atoms with E-state index in [1.54, 1.807) is 18.2 Å². The summed E-state index contributed by atoms with van der Waals surface area (Å²) in [6, 6.07) is 24.1. The van der Waals surface area contributed by atoms with Crippen molar-refractivity contribution < 1.29 is 14.3 Å². The summed E-state index contributed by atoms with van der Waals surface area (Å²) in [6.07, 6.45) is 1.62. The molecule has 7 nitrogen and oxygen atoms in total. The summed E-state index contributed by atoms with van der Waals surface area (Å²) < 4.78 is 11.4. The van der Waals surface area contributed by atoms with Crippen molar-refractivity contribution in [3.8, 4) is 11.5 Å². The van der Waals surface area contributed by atoms with E-state index >= 15 is 0 Å². The first-order valence-corrected chi connectivity index (χ1v) is 11.9. The monoisotopic (exact) mass is 502 g/mol. The lowest BCUT2D eigenvalue weighted by atomic mass is 10.1.